The molecule has 3 aromatic carbocycles. The van der Waals surface area contributed by atoms with E-state index in [1.807, 2.05) is 25.1 Å². The number of allylic oxidation sites excluding steroid dienone is 2. The third kappa shape index (κ3) is 4.63. The van der Waals surface area contributed by atoms with Crippen LogP contribution in [0.1, 0.15) is 46.8 Å². The minimum Gasteiger partial charge on any atom is -0.490 e. The first kappa shape index (κ1) is 25.7. The second-order valence-corrected chi connectivity index (χ2v) is 9.11. The van der Waals surface area contributed by atoms with Gasteiger partial charge in [0.05, 0.1) is 29.9 Å². The number of non-ortho nitro benzene ring substituents is 1. The highest BCUT2D eigenvalue weighted by Gasteiger charge is 2.43. The molecule has 1 atom stereocenters. The molecule has 0 saturated carbocycles. The van der Waals surface area contributed by atoms with Crippen LogP contribution in [0.2, 0.25) is 0 Å². The van der Waals surface area contributed by atoms with Gasteiger partial charge in [0.1, 0.15) is 6.61 Å². The largest absolute Gasteiger partial charge is 0.490 e. The molecule has 9 heteroatoms. The highest BCUT2D eigenvalue weighted by Crippen LogP contribution is 2.48. The first-order valence-corrected chi connectivity index (χ1v) is 12.4. The Morgan fingerprint density at radius 1 is 1.00 bits per heavy atom. The number of fused-ring (bicyclic) bond motifs is 2. The Morgan fingerprint density at radius 3 is 2.49 bits per heavy atom. The Kier molecular flexibility index (Phi) is 6.89. The summed E-state index contributed by atoms with van der Waals surface area (Å²) < 4.78 is 17.0. The van der Waals surface area contributed by atoms with Crippen molar-refractivity contribution < 1.29 is 28.7 Å². The van der Waals surface area contributed by atoms with Crippen LogP contribution in [0.4, 0.5) is 5.69 Å². The van der Waals surface area contributed by atoms with E-state index in [1.165, 1.54) is 19.2 Å². The summed E-state index contributed by atoms with van der Waals surface area (Å²) in [5.74, 6) is -0.540. The third-order valence-corrected chi connectivity index (χ3v) is 6.77. The van der Waals surface area contributed by atoms with Gasteiger partial charge in [-0.25, -0.2) is 4.79 Å². The number of ketones is 1. The van der Waals surface area contributed by atoms with Crippen LogP contribution in [0.15, 0.2) is 83.6 Å². The predicted octanol–water partition coefficient (Wildman–Crippen LogP) is 5.31. The number of benzene rings is 3. The maximum absolute atomic E-state index is 13.6. The molecule has 0 saturated heterocycles. The van der Waals surface area contributed by atoms with Crippen molar-refractivity contribution in [2.75, 3.05) is 13.7 Å². The lowest BCUT2D eigenvalue weighted by molar-refractivity contribution is -0.384. The van der Waals surface area contributed by atoms with Gasteiger partial charge >= 0.3 is 5.97 Å². The second kappa shape index (κ2) is 10.4. The van der Waals surface area contributed by atoms with E-state index in [1.54, 1.807) is 43.3 Å². The predicted molar refractivity (Wildman–Crippen MR) is 143 cm³/mol. The van der Waals surface area contributed by atoms with Crippen molar-refractivity contribution in [1.29, 1.82) is 0 Å². The summed E-state index contributed by atoms with van der Waals surface area (Å²) in [6.07, 6.45) is 0. The van der Waals surface area contributed by atoms with E-state index in [9.17, 15) is 19.7 Å². The van der Waals surface area contributed by atoms with Crippen molar-refractivity contribution in [2.24, 2.45) is 0 Å². The maximum atomic E-state index is 13.6. The minimum atomic E-state index is -0.696. The second-order valence-electron chi connectivity index (χ2n) is 9.11. The first-order valence-electron chi connectivity index (χ1n) is 12.4. The van der Waals surface area contributed by atoms with Gasteiger partial charge in [0, 0.05) is 40.4 Å². The van der Waals surface area contributed by atoms with Crippen molar-refractivity contribution in [3.05, 3.63) is 116 Å². The van der Waals surface area contributed by atoms with Crippen LogP contribution in [0.25, 0.3) is 5.70 Å². The Morgan fingerprint density at radius 2 is 1.77 bits per heavy atom. The summed E-state index contributed by atoms with van der Waals surface area (Å²) >= 11 is 0. The molecule has 1 aliphatic heterocycles. The summed E-state index contributed by atoms with van der Waals surface area (Å²) in [7, 11) is 1.31. The number of methoxy groups -OCH3 is 1. The molecule has 198 valence electrons. The fourth-order valence-electron chi connectivity index (χ4n) is 5.06. The highest BCUT2D eigenvalue weighted by atomic mass is 16.6. The van der Waals surface area contributed by atoms with Crippen LogP contribution in [-0.2, 0) is 16.1 Å². The zero-order valence-electron chi connectivity index (χ0n) is 21.6. The lowest BCUT2D eigenvalue weighted by Gasteiger charge is -2.29. The van der Waals surface area contributed by atoms with Gasteiger partial charge in [0.25, 0.3) is 5.69 Å². The van der Waals surface area contributed by atoms with Crippen molar-refractivity contribution in [1.82, 2.24) is 5.32 Å². The Hall–Kier alpha value is -4.92. The number of nitro benzene ring substituents is 1. The highest BCUT2D eigenvalue weighted by molar-refractivity contribution is 6.23. The maximum Gasteiger partial charge on any atom is 0.336 e. The first-order chi connectivity index (χ1) is 18.8. The van der Waals surface area contributed by atoms with Crippen LogP contribution in [-0.4, -0.2) is 30.4 Å². The number of Topliss-reactive ketones (excluding diaryl/α,β-unsaturated/α-hetero) is 1. The van der Waals surface area contributed by atoms with Gasteiger partial charge in [-0.1, -0.05) is 42.5 Å². The fourth-order valence-corrected chi connectivity index (χ4v) is 5.06. The Balaban J connectivity index is 1.55. The molecule has 1 N–H and O–H groups in total. The van der Waals surface area contributed by atoms with Crippen molar-refractivity contribution >= 4 is 23.1 Å². The van der Waals surface area contributed by atoms with Crippen LogP contribution in [0.3, 0.4) is 0 Å². The molecule has 0 radical (unpaired) electrons. The topological polar surface area (TPSA) is 117 Å². The van der Waals surface area contributed by atoms with E-state index < -0.39 is 16.8 Å². The van der Waals surface area contributed by atoms with Gasteiger partial charge in [0.2, 0.25) is 0 Å². The van der Waals surface area contributed by atoms with Crippen molar-refractivity contribution in [3.8, 4) is 11.5 Å². The number of hydrogen-bond donors (Lipinski definition) is 1. The molecule has 0 spiro atoms. The van der Waals surface area contributed by atoms with Crippen LogP contribution < -0.4 is 14.8 Å². The van der Waals surface area contributed by atoms with Crippen molar-refractivity contribution in [2.45, 2.75) is 26.4 Å². The zero-order valence-corrected chi connectivity index (χ0v) is 21.6. The molecular formula is C30H26N2O7. The van der Waals surface area contributed by atoms with Gasteiger partial charge in [-0.05, 0) is 37.1 Å². The summed E-state index contributed by atoms with van der Waals surface area (Å²) in [4.78, 5) is 37.3. The van der Waals surface area contributed by atoms with Crippen LogP contribution in [0.5, 0.6) is 11.5 Å². The minimum absolute atomic E-state index is 0.0220. The lowest BCUT2D eigenvalue weighted by Crippen LogP contribution is -2.29. The lowest BCUT2D eigenvalue weighted by atomic mass is 9.79. The number of carbonyl (C=O) groups is 2. The number of rotatable bonds is 8. The summed E-state index contributed by atoms with van der Waals surface area (Å²) in [5.41, 5.74) is 4.70. The summed E-state index contributed by atoms with van der Waals surface area (Å²) in [5, 5.41) is 14.4. The normalized spacial score (nSPS) is 15.9. The zero-order chi connectivity index (χ0) is 27.7. The molecular weight excluding hydrogens is 500 g/mol. The monoisotopic (exact) mass is 526 g/mol. The van der Waals surface area contributed by atoms with Crippen molar-refractivity contribution in [3.63, 3.8) is 0 Å². The molecule has 0 aromatic heterocycles. The van der Waals surface area contributed by atoms with Gasteiger partial charge in [0.15, 0.2) is 17.3 Å². The molecule has 9 nitrogen and oxygen atoms in total. The Bertz CT molecular complexity index is 1570. The fraction of sp³-hybridized carbons (Fsp3) is 0.200. The number of dihydropyridines is 1. The van der Waals surface area contributed by atoms with E-state index in [2.05, 4.69) is 5.32 Å². The number of nitro groups is 1. The standard InChI is InChI=1S/C30H26N2O7/c1-4-38-24-15-19(12-13-23(24)39-16-18-8-7-9-20(14-18)32(35)36)26-25(30(34)37-3)17(2)31-28-21-10-5-6-11-22(21)29(33)27(26)28/h5-15,26,31H,4,16H2,1-3H3/t26-/m0/s1. The number of nitrogens with zero attached hydrogens (tertiary/aromatic N) is 1. The number of hydrogen-bond acceptors (Lipinski definition) is 8. The number of carbonyl (C=O) groups excluding carboxylic acids is 2. The van der Waals surface area contributed by atoms with Crippen LogP contribution in [0, 0.1) is 10.1 Å². The summed E-state index contributed by atoms with van der Waals surface area (Å²) in [6.45, 7) is 4.06. The molecule has 1 aliphatic carbocycles. The molecule has 5 rings (SSSR count). The van der Waals surface area contributed by atoms with Gasteiger partial charge in [-0.3, -0.25) is 14.9 Å². The molecule has 0 bridgehead atoms. The van der Waals surface area contributed by atoms with Gasteiger partial charge in [-0.15, -0.1) is 0 Å². The number of nitrogens with one attached hydrogen (secondary N) is 1. The van der Waals surface area contributed by atoms with Crippen LogP contribution >= 0.6 is 0 Å². The number of esters is 1. The molecule has 0 fully saturated rings. The van der Waals surface area contributed by atoms with E-state index in [4.69, 9.17) is 14.2 Å². The van der Waals surface area contributed by atoms with E-state index in [0.29, 0.717) is 57.3 Å². The molecule has 1 heterocycles. The smallest absolute Gasteiger partial charge is 0.336 e. The average Bonchev–Trinajstić information content (AvgIpc) is 3.22. The Labute approximate surface area is 224 Å². The molecule has 2 aliphatic rings. The molecule has 0 amide bonds. The third-order valence-electron chi connectivity index (χ3n) is 6.77. The number of ether oxygens (including phenoxy) is 3. The molecule has 0 unspecified atom stereocenters. The van der Waals surface area contributed by atoms with E-state index >= 15 is 0 Å². The molecule has 39 heavy (non-hydrogen) atoms. The molecule has 3 aromatic rings. The average molecular weight is 527 g/mol. The van der Waals surface area contributed by atoms with Gasteiger partial charge < -0.3 is 19.5 Å². The van der Waals surface area contributed by atoms with E-state index in [-0.39, 0.29) is 18.1 Å². The van der Waals surface area contributed by atoms with E-state index in [0.717, 1.165) is 5.56 Å². The summed E-state index contributed by atoms with van der Waals surface area (Å²) in [6, 6.07) is 18.8. The quantitative estimate of drug-likeness (QED) is 0.238. The SMILES string of the molecule is CCOc1cc([C@H]2C(C(=O)OC)=C(C)NC3=C2C(=O)c2ccccc23)ccc1OCc1cccc([N+](=O)[O-])c1. The van der Waals surface area contributed by atoms with Gasteiger partial charge in [-0.2, -0.15) is 0 Å².